The smallest absolute Gasteiger partial charge is 0.243 e. The minimum Gasteiger partial charge on any atom is -0.362 e. The Morgan fingerprint density at radius 2 is 2.00 bits per heavy atom. The SMILES string of the molecule is C#CCNC(=O)CN1CCc2ccc(S(=O)(=O)N3CCCC3)cc21. The minimum atomic E-state index is -3.45. The number of nitrogens with zero attached hydrogens (tertiary/aromatic N) is 2. The number of anilines is 1. The Hall–Kier alpha value is -2.04. The van der Waals surface area contributed by atoms with Crippen molar-refractivity contribution in [2.45, 2.75) is 24.2 Å². The van der Waals surface area contributed by atoms with Crippen molar-refractivity contribution in [2.24, 2.45) is 0 Å². The van der Waals surface area contributed by atoms with Crippen LogP contribution in [-0.2, 0) is 21.2 Å². The summed E-state index contributed by atoms with van der Waals surface area (Å²) >= 11 is 0. The highest BCUT2D eigenvalue weighted by Gasteiger charge is 2.29. The quantitative estimate of drug-likeness (QED) is 0.791. The molecule has 6 nitrogen and oxygen atoms in total. The first-order chi connectivity index (χ1) is 11.5. The van der Waals surface area contributed by atoms with Crippen molar-refractivity contribution in [3.8, 4) is 12.3 Å². The molecule has 0 bridgehead atoms. The molecule has 0 saturated carbocycles. The summed E-state index contributed by atoms with van der Waals surface area (Å²) in [4.78, 5) is 14.1. The number of carbonyl (C=O) groups excluding carboxylic acids is 1. The number of sulfonamides is 1. The summed E-state index contributed by atoms with van der Waals surface area (Å²) in [6, 6.07) is 5.23. The summed E-state index contributed by atoms with van der Waals surface area (Å²) < 4.78 is 27.0. The highest BCUT2D eigenvalue weighted by molar-refractivity contribution is 7.89. The second kappa shape index (κ2) is 6.83. The van der Waals surface area contributed by atoms with Gasteiger partial charge in [-0.15, -0.1) is 6.42 Å². The van der Waals surface area contributed by atoms with Crippen molar-refractivity contribution in [3.63, 3.8) is 0 Å². The zero-order chi connectivity index (χ0) is 17.2. The van der Waals surface area contributed by atoms with E-state index in [0.29, 0.717) is 24.5 Å². The zero-order valence-electron chi connectivity index (χ0n) is 13.5. The number of hydrogen-bond acceptors (Lipinski definition) is 4. The van der Waals surface area contributed by atoms with Gasteiger partial charge in [0.15, 0.2) is 0 Å². The number of hydrogen-bond donors (Lipinski definition) is 1. The maximum atomic E-state index is 12.7. The van der Waals surface area contributed by atoms with Crippen LogP contribution in [0.3, 0.4) is 0 Å². The zero-order valence-corrected chi connectivity index (χ0v) is 14.3. The van der Waals surface area contributed by atoms with Gasteiger partial charge in [-0.3, -0.25) is 4.79 Å². The summed E-state index contributed by atoms with van der Waals surface area (Å²) in [6.07, 6.45) is 7.76. The number of carbonyl (C=O) groups is 1. The van der Waals surface area contributed by atoms with Crippen molar-refractivity contribution in [1.29, 1.82) is 0 Å². The van der Waals surface area contributed by atoms with Crippen molar-refractivity contribution >= 4 is 21.6 Å². The van der Waals surface area contributed by atoms with Crippen LogP contribution in [-0.4, -0.2) is 51.4 Å². The Bertz CT molecular complexity index is 777. The Balaban J connectivity index is 1.81. The van der Waals surface area contributed by atoms with Crippen LogP contribution in [0.25, 0.3) is 0 Å². The molecule has 2 aliphatic heterocycles. The molecule has 0 unspecified atom stereocenters. The maximum Gasteiger partial charge on any atom is 0.243 e. The Labute approximate surface area is 142 Å². The molecule has 1 aromatic rings. The van der Waals surface area contributed by atoms with Crippen LogP contribution < -0.4 is 10.2 Å². The third kappa shape index (κ3) is 3.25. The largest absolute Gasteiger partial charge is 0.362 e. The minimum absolute atomic E-state index is 0.159. The predicted molar refractivity (Wildman–Crippen MR) is 92.2 cm³/mol. The number of fused-ring (bicyclic) bond motifs is 1. The first-order valence-corrected chi connectivity index (χ1v) is 9.54. The number of amides is 1. The molecule has 7 heteroatoms. The van der Waals surface area contributed by atoms with E-state index in [1.54, 1.807) is 12.1 Å². The van der Waals surface area contributed by atoms with E-state index in [9.17, 15) is 13.2 Å². The predicted octanol–water partition coefficient (Wildman–Crippen LogP) is 0.583. The van der Waals surface area contributed by atoms with Gasteiger partial charge in [0.1, 0.15) is 0 Å². The number of benzene rings is 1. The number of terminal acetylenes is 1. The standard InChI is InChI=1S/C17H21N3O3S/c1-2-8-18-17(21)13-19-11-7-14-5-6-15(12-16(14)19)24(22,23)20-9-3-4-10-20/h1,5-6,12H,3-4,7-11,13H2,(H,18,21). The highest BCUT2D eigenvalue weighted by Crippen LogP contribution is 2.32. The van der Waals surface area contributed by atoms with E-state index in [0.717, 1.165) is 30.5 Å². The number of nitrogens with one attached hydrogen (secondary N) is 1. The van der Waals surface area contributed by atoms with Gasteiger partial charge >= 0.3 is 0 Å². The van der Waals surface area contributed by atoms with Gasteiger partial charge in [0.25, 0.3) is 0 Å². The second-order valence-electron chi connectivity index (χ2n) is 6.05. The fourth-order valence-corrected chi connectivity index (χ4v) is 4.74. The molecule has 1 fully saturated rings. The summed E-state index contributed by atoms with van der Waals surface area (Å²) in [5, 5.41) is 2.64. The first-order valence-electron chi connectivity index (χ1n) is 8.10. The average molecular weight is 347 g/mol. The third-order valence-electron chi connectivity index (χ3n) is 4.47. The fraction of sp³-hybridized carbons (Fsp3) is 0.471. The van der Waals surface area contributed by atoms with Crippen molar-refractivity contribution < 1.29 is 13.2 Å². The molecule has 1 saturated heterocycles. The van der Waals surface area contributed by atoms with E-state index >= 15 is 0 Å². The van der Waals surface area contributed by atoms with Crippen molar-refractivity contribution in [1.82, 2.24) is 9.62 Å². The van der Waals surface area contributed by atoms with E-state index in [-0.39, 0.29) is 19.0 Å². The van der Waals surface area contributed by atoms with Gasteiger partial charge in [-0.25, -0.2) is 8.42 Å². The molecule has 3 rings (SSSR count). The maximum absolute atomic E-state index is 12.7. The van der Waals surface area contributed by atoms with Crippen LogP contribution in [0.15, 0.2) is 23.1 Å². The summed E-state index contributed by atoms with van der Waals surface area (Å²) in [5.41, 5.74) is 1.89. The molecule has 1 aromatic carbocycles. The van der Waals surface area contributed by atoms with E-state index in [2.05, 4.69) is 11.2 Å². The van der Waals surface area contributed by atoms with Gasteiger partial charge in [-0.05, 0) is 37.0 Å². The van der Waals surface area contributed by atoms with E-state index in [1.165, 1.54) is 4.31 Å². The lowest BCUT2D eigenvalue weighted by molar-refractivity contribution is -0.119. The van der Waals surface area contributed by atoms with E-state index in [1.807, 2.05) is 11.0 Å². The van der Waals surface area contributed by atoms with Gasteiger partial charge in [0.2, 0.25) is 15.9 Å². The molecule has 0 radical (unpaired) electrons. The van der Waals surface area contributed by atoms with Crippen LogP contribution in [0.4, 0.5) is 5.69 Å². The lowest BCUT2D eigenvalue weighted by atomic mass is 10.2. The van der Waals surface area contributed by atoms with Gasteiger partial charge in [0.05, 0.1) is 18.0 Å². The Morgan fingerprint density at radius 3 is 2.71 bits per heavy atom. The molecule has 0 atom stereocenters. The molecule has 0 aromatic heterocycles. The molecular formula is C17H21N3O3S. The molecule has 24 heavy (non-hydrogen) atoms. The molecule has 0 aliphatic carbocycles. The monoisotopic (exact) mass is 347 g/mol. The highest BCUT2D eigenvalue weighted by atomic mass is 32.2. The Morgan fingerprint density at radius 1 is 1.25 bits per heavy atom. The van der Waals surface area contributed by atoms with Crippen LogP contribution in [0.1, 0.15) is 18.4 Å². The summed E-state index contributed by atoms with van der Waals surface area (Å²) in [5.74, 6) is 2.21. The van der Waals surface area contributed by atoms with E-state index < -0.39 is 10.0 Å². The molecule has 1 amide bonds. The fourth-order valence-electron chi connectivity index (χ4n) is 3.21. The second-order valence-corrected chi connectivity index (χ2v) is 7.99. The number of rotatable bonds is 5. The molecule has 1 N–H and O–H groups in total. The van der Waals surface area contributed by atoms with Gasteiger partial charge in [-0.1, -0.05) is 12.0 Å². The van der Waals surface area contributed by atoms with Crippen LogP contribution >= 0.6 is 0 Å². The molecule has 2 aliphatic rings. The lowest BCUT2D eigenvalue weighted by Crippen LogP contribution is -2.36. The van der Waals surface area contributed by atoms with Crippen LogP contribution in [0, 0.1) is 12.3 Å². The van der Waals surface area contributed by atoms with Crippen molar-refractivity contribution in [3.05, 3.63) is 23.8 Å². The van der Waals surface area contributed by atoms with Gasteiger partial charge < -0.3 is 10.2 Å². The first kappa shape index (κ1) is 16.8. The molecular weight excluding hydrogens is 326 g/mol. The Kier molecular flexibility index (Phi) is 4.78. The summed E-state index contributed by atoms with van der Waals surface area (Å²) in [7, 11) is -3.45. The lowest BCUT2D eigenvalue weighted by Gasteiger charge is -2.20. The third-order valence-corrected chi connectivity index (χ3v) is 6.37. The van der Waals surface area contributed by atoms with Crippen molar-refractivity contribution in [2.75, 3.05) is 37.6 Å². The molecule has 128 valence electrons. The van der Waals surface area contributed by atoms with Crippen LogP contribution in [0.2, 0.25) is 0 Å². The molecule has 2 heterocycles. The van der Waals surface area contributed by atoms with Gasteiger partial charge in [-0.2, -0.15) is 4.31 Å². The average Bonchev–Trinajstić information content (AvgIpc) is 3.23. The van der Waals surface area contributed by atoms with Gasteiger partial charge in [0, 0.05) is 25.3 Å². The topological polar surface area (TPSA) is 69.7 Å². The molecule has 0 spiro atoms. The van der Waals surface area contributed by atoms with Crippen LogP contribution in [0.5, 0.6) is 0 Å². The van der Waals surface area contributed by atoms with E-state index in [4.69, 9.17) is 6.42 Å². The normalized spacial score (nSPS) is 17.5. The summed E-state index contributed by atoms with van der Waals surface area (Å²) in [6.45, 7) is 2.24.